The fourth-order valence-electron chi connectivity index (χ4n) is 0.687. The minimum absolute atomic E-state index is 0.213. The first-order valence-electron chi connectivity index (χ1n) is 4.16. The van der Waals surface area contributed by atoms with Gasteiger partial charge in [0.15, 0.2) is 0 Å². The van der Waals surface area contributed by atoms with E-state index in [1.165, 1.54) is 0 Å². The summed E-state index contributed by atoms with van der Waals surface area (Å²) in [4.78, 5) is 21.6. The maximum atomic E-state index is 10.9. The Morgan fingerprint density at radius 3 is 2.62 bits per heavy atom. The molecule has 1 N–H and O–H groups in total. The summed E-state index contributed by atoms with van der Waals surface area (Å²) in [5.74, 6) is -1.53. The smallest absolute Gasteiger partial charge is 0.396 e. The van der Waals surface area contributed by atoms with E-state index in [-0.39, 0.29) is 6.61 Å². The Morgan fingerprint density at radius 2 is 2.08 bits per heavy atom. The SMILES string of the molecule is CCOC(=O)C(=O)NCCCOC. The van der Waals surface area contributed by atoms with Gasteiger partial charge in [-0.15, -0.1) is 0 Å². The number of esters is 1. The largest absolute Gasteiger partial charge is 0.459 e. The average molecular weight is 189 g/mol. The molecule has 5 heteroatoms. The molecular weight excluding hydrogens is 174 g/mol. The number of amides is 1. The molecule has 0 rings (SSSR count). The van der Waals surface area contributed by atoms with E-state index < -0.39 is 11.9 Å². The van der Waals surface area contributed by atoms with Crippen LogP contribution in [0.25, 0.3) is 0 Å². The number of carbonyl (C=O) groups is 2. The van der Waals surface area contributed by atoms with E-state index in [1.807, 2.05) is 0 Å². The molecule has 0 aliphatic carbocycles. The van der Waals surface area contributed by atoms with Crippen LogP contribution in [0, 0.1) is 0 Å². The quantitative estimate of drug-likeness (QED) is 0.366. The van der Waals surface area contributed by atoms with Crippen LogP contribution in [-0.4, -0.2) is 38.7 Å². The van der Waals surface area contributed by atoms with Gasteiger partial charge < -0.3 is 14.8 Å². The van der Waals surface area contributed by atoms with Crippen LogP contribution in [0.1, 0.15) is 13.3 Å². The third kappa shape index (κ3) is 6.10. The van der Waals surface area contributed by atoms with Crippen molar-refractivity contribution in [2.45, 2.75) is 13.3 Å². The van der Waals surface area contributed by atoms with Crippen LogP contribution in [-0.2, 0) is 19.1 Å². The van der Waals surface area contributed by atoms with E-state index in [9.17, 15) is 9.59 Å². The van der Waals surface area contributed by atoms with Crippen LogP contribution in [0.4, 0.5) is 0 Å². The maximum Gasteiger partial charge on any atom is 0.396 e. The summed E-state index contributed by atoms with van der Waals surface area (Å²) in [6.45, 7) is 2.84. The van der Waals surface area contributed by atoms with Gasteiger partial charge in [-0.3, -0.25) is 4.79 Å². The zero-order chi connectivity index (χ0) is 10.1. The number of hydrogen-bond donors (Lipinski definition) is 1. The Kier molecular flexibility index (Phi) is 6.91. The van der Waals surface area contributed by atoms with Gasteiger partial charge in [0.25, 0.3) is 0 Å². The summed E-state index contributed by atoms with van der Waals surface area (Å²) in [6, 6.07) is 0. The van der Waals surface area contributed by atoms with Gasteiger partial charge in [0, 0.05) is 20.3 Å². The highest BCUT2D eigenvalue weighted by atomic mass is 16.5. The van der Waals surface area contributed by atoms with E-state index >= 15 is 0 Å². The molecule has 0 aromatic carbocycles. The molecule has 0 aromatic rings. The van der Waals surface area contributed by atoms with Gasteiger partial charge in [0.05, 0.1) is 6.61 Å². The lowest BCUT2D eigenvalue weighted by Gasteiger charge is -2.03. The van der Waals surface area contributed by atoms with Crippen LogP contribution in [0.5, 0.6) is 0 Å². The fourth-order valence-corrected chi connectivity index (χ4v) is 0.687. The summed E-state index contributed by atoms with van der Waals surface area (Å²) in [7, 11) is 1.58. The molecular formula is C8H15NO4. The molecule has 0 heterocycles. The number of ether oxygens (including phenoxy) is 2. The summed E-state index contributed by atoms with van der Waals surface area (Å²) in [5.41, 5.74) is 0. The summed E-state index contributed by atoms with van der Waals surface area (Å²) in [6.07, 6.45) is 0.682. The number of nitrogens with one attached hydrogen (secondary N) is 1. The molecule has 0 unspecified atom stereocenters. The summed E-state index contributed by atoms with van der Waals surface area (Å²) in [5, 5.41) is 2.41. The number of rotatable bonds is 5. The predicted molar refractivity (Wildman–Crippen MR) is 46.1 cm³/mol. The second-order valence-corrected chi connectivity index (χ2v) is 2.32. The van der Waals surface area contributed by atoms with Gasteiger partial charge in [0.1, 0.15) is 0 Å². The molecule has 0 saturated heterocycles. The zero-order valence-electron chi connectivity index (χ0n) is 7.96. The Labute approximate surface area is 77.4 Å². The lowest BCUT2D eigenvalue weighted by Crippen LogP contribution is -2.33. The zero-order valence-corrected chi connectivity index (χ0v) is 7.96. The van der Waals surface area contributed by atoms with Gasteiger partial charge in [-0.2, -0.15) is 0 Å². The Hall–Kier alpha value is -1.10. The van der Waals surface area contributed by atoms with Crippen LogP contribution in [0.15, 0.2) is 0 Å². The summed E-state index contributed by atoms with van der Waals surface area (Å²) >= 11 is 0. The first-order chi connectivity index (χ1) is 6.22. The van der Waals surface area contributed by atoms with Gasteiger partial charge in [-0.1, -0.05) is 0 Å². The molecule has 0 aromatic heterocycles. The molecule has 0 bridgehead atoms. The van der Waals surface area contributed by atoms with Crippen LogP contribution >= 0.6 is 0 Å². The first-order valence-corrected chi connectivity index (χ1v) is 4.16. The van der Waals surface area contributed by atoms with Crippen molar-refractivity contribution in [2.24, 2.45) is 0 Å². The number of methoxy groups -OCH3 is 1. The molecule has 0 aliphatic rings. The van der Waals surface area contributed by atoms with Crippen molar-refractivity contribution < 1.29 is 19.1 Å². The Morgan fingerprint density at radius 1 is 1.38 bits per heavy atom. The Balaban J connectivity index is 3.44. The van der Waals surface area contributed by atoms with Crippen molar-refractivity contribution in [2.75, 3.05) is 26.9 Å². The van der Waals surface area contributed by atoms with Crippen molar-refractivity contribution >= 4 is 11.9 Å². The highest BCUT2D eigenvalue weighted by molar-refractivity contribution is 6.32. The van der Waals surface area contributed by atoms with Crippen molar-refractivity contribution in [3.8, 4) is 0 Å². The average Bonchev–Trinajstić information content (AvgIpc) is 2.12. The molecule has 0 saturated carbocycles. The highest BCUT2D eigenvalue weighted by Gasteiger charge is 2.12. The second-order valence-electron chi connectivity index (χ2n) is 2.32. The van der Waals surface area contributed by atoms with Crippen LogP contribution in [0.3, 0.4) is 0 Å². The first kappa shape index (κ1) is 11.9. The predicted octanol–water partition coefficient (Wildman–Crippen LogP) is -0.298. The van der Waals surface area contributed by atoms with Crippen LogP contribution < -0.4 is 5.32 Å². The molecule has 0 radical (unpaired) electrons. The van der Waals surface area contributed by atoms with E-state index in [1.54, 1.807) is 14.0 Å². The molecule has 0 spiro atoms. The third-order valence-electron chi connectivity index (χ3n) is 1.27. The minimum Gasteiger partial charge on any atom is -0.459 e. The molecule has 0 aliphatic heterocycles. The highest BCUT2D eigenvalue weighted by Crippen LogP contribution is 1.80. The fraction of sp³-hybridized carbons (Fsp3) is 0.750. The van der Waals surface area contributed by atoms with E-state index in [0.717, 1.165) is 0 Å². The van der Waals surface area contributed by atoms with Crippen molar-refractivity contribution in [1.82, 2.24) is 5.32 Å². The molecule has 5 nitrogen and oxygen atoms in total. The maximum absolute atomic E-state index is 10.9. The van der Waals surface area contributed by atoms with Gasteiger partial charge in [-0.05, 0) is 13.3 Å². The topological polar surface area (TPSA) is 64.6 Å². The monoisotopic (exact) mass is 189 g/mol. The third-order valence-corrected chi connectivity index (χ3v) is 1.27. The molecule has 76 valence electrons. The van der Waals surface area contributed by atoms with E-state index in [4.69, 9.17) is 4.74 Å². The molecule has 0 atom stereocenters. The lowest BCUT2D eigenvalue weighted by molar-refractivity contribution is -0.154. The van der Waals surface area contributed by atoms with E-state index in [0.29, 0.717) is 19.6 Å². The minimum atomic E-state index is -0.833. The normalized spacial score (nSPS) is 9.38. The van der Waals surface area contributed by atoms with Crippen molar-refractivity contribution in [3.63, 3.8) is 0 Å². The van der Waals surface area contributed by atoms with Crippen LogP contribution in [0.2, 0.25) is 0 Å². The van der Waals surface area contributed by atoms with Gasteiger partial charge in [0.2, 0.25) is 0 Å². The van der Waals surface area contributed by atoms with Gasteiger partial charge in [-0.25, -0.2) is 4.79 Å². The van der Waals surface area contributed by atoms with Crippen molar-refractivity contribution in [3.05, 3.63) is 0 Å². The Bertz CT molecular complexity index is 170. The number of hydrogen-bond acceptors (Lipinski definition) is 4. The molecule has 1 amide bonds. The molecule has 0 fully saturated rings. The van der Waals surface area contributed by atoms with Crippen molar-refractivity contribution in [1.29, 1.82) is 0 Å². The van der Waals surface area contributed by atoms with Gasteiger partial charge >= 0.3 is 11.9 Å². The second kappa shape index (κ2) is 7.54. The summed E-state index contributed by atoms with van der Waals surface area (Å²) < 4.78 is 9.24. The standard InChI is InChI=1S/C8H15NO4/c1-3-13-8(11)7(10)9-5-4-6-12-2/h3-6H2,1-2H3,(H,9,10). The molecule has 13 heavy (non-hydrogen) atoms. The van der Waals surface area contributed by atoms with E-state index in [2.05, 4.69) is 10.1 Å². The lowest BCUT2D eigenvalue weighted by atomic mass is 10.4. The number of carbonyl (C=O) groups excluding carboxylic acids is 2.